The maximum Gasteiger partial charge on any atom is 0.251 e. The molecule has 0 bridgehead atoms. The first kappa shape index (κ1) is 17.6. The van der Waals surface area contributed by atoms with Crippen LogP contribution in [0.15, 0.2) is 29.3 Å². The third-order valence-corrected chi connectivity index (χ3v) is 4.47. The molecule has 3 heterocycles. The summed E-state index contributed by atoms with van der Waals surface area (Å²) in [5.74, 6) is 0.650. The van der Waals surface area contributed by atoms with Crippen LogP contribution in [0.25, 0.3) is 5.57 Å². The molecule has 2 aromatic heterocycles. The molecule has 0 amide bonds. The van der Waals surface area contributed by atoms with Gasteiger partial charge in [0.15, 0.2) is 0 Å². The lowest BCUT2D eigenvalue weighted by atomic mass is 10.0. The number of nitrogens with zero attached hydrogens (tertiary/aromatic N) is 4. The molecule has 1 aliphatic heterocycles. The van der Waals surface area contributed by atoms with Gasteiger partial charge in [0.2, 0.25) is 0 Å². The van der Waals surface area contributed by atoms with Crippen LogP contribution in [0.3, 0.4) is 0 Å². The highest BCUT2D eigenvalue weighted by Gasteiger charge is 2.15. The monoisotopic (exact) mass is 343 g/mol. The van der Waals surface area contributed by atoms with Gasteiger partial charge < -0.3 is 10.1 Å². The summed E-state index contributed by atoms with van der Waals surface area (Å²) in [5, 5.41) is 14.1. The fourth-order valence-corrected chi connectivity index (χ4v) is 3.04. The summed E-state index contributed by atoms with van der Waals surface area (Å²) >= 11 is 0. The third kappa shape index (κ3) is 4.64. The van der Waals surface area contributed by atoms with E-state index in [1.165, 1.54) is 5.57 Å². The van der Waals surface area contributed by atoms with Gasteiger partial charge in [-0.05, 0) is 25.3 Å². The van der Waals surface area contributed by atoms with Crippen LogP contribution >= 0.6 is 0 Å². The van der Waals surface area contributed by atoms with Gasteiger partial charge in [0.05, 0.1) is 24.5 Å². The van der Waals surface area contributed by atoms with E-state index in [-0.39, 0.29) is 11.7 Å². The standard InChI is InChI=1S/C18H25N5O2/c1-3-17(24)12-23-10-15(9-19-23)14-4-6-22(7-5-14)11-16-8-18(25)21-13(2)20-16/h4,8-10,17,24H,3,5-7,11-12H2,1-2H3,(H,20,21,25)/t17-/m0/s1. The zero-order valence-electron chi connectivity index (χ0n) is 14.8. The van der Waals surface area contributed by atoms with Crippen molar-refractivity contribution in [2.75, 3.05) is 13.1 Å². The van der Waals surface area contributed by atoms with Crippen LogP contribution in [0.1, 0.15) is 36.8 Å². The Labute approximate surface area is 147 Å². The van der Waals surface area contributed by atoms with E-state index in [2.05, 4.69) is 26.0 Å². The minimum Gasteiger partial charge on any atom is -0.391 e. The van der Waals surface area contributed by atoms with Crippen LogP contribution in [0, 0.1) is 6.92 Å². The molecule has 7 nitrogen and oxygen atoms in total. The molecule has 134 valence electrons. The van der Waals surface area contributed by atoms with Gasteiger partial charge >= 0.3 is 0 Å². The number of aliphatic hydroxyl groups is 1. The van der Waals surface area contributed by atoms with E-state index >= 15 is 0 Å². The molecule has 2 N–H and O–H groups in total. The maximum absolute atomic E-state index is 11.5. The zero-order chi connectivity index (χ0) is 17.8. The minimum atomic E-state index is -0.353. The van der Waals surface area contributed by atoms with Crippen LogP contribution in [0.4, 0.5) is 0 Å². The number of nitrogens with one attached hydrogen (secondary N) is 1. The lowest BCUT2D eigenvalue weighted by molar-refractivity contribution is 0.145. The Balaban J connectivity index is 1.61. The van der Waals surface area contributed by atoms with Gasteiger partial charge in [-0.3, -0.25) is 14.4 Å². The van der Waals surface area contributed by atoms with Gasteiger partial charge in [-0.15, -0.1) is 0 Å². The average molecular weight is 343 g/mol. The van der Waals surface area contributed by atoms with E-state index in [0.717, 1.165) is 37.2 Å². The smallest absolute Gasteiger partial charge is 0.251 e. The summed E-state index contributed by atoms with van der Waals surface area (Å²) in [7, 11) is 0. The molecule has 7 heteroatoms. The molecule has 0 radical (unpaired) electrons. The summed E-state index contributed by atoms with van der Waals surface area (Å²) < 4.78 is 1.81. The molecule has 0 saturated heterocycles. The van der Waals surface area contributed by atoms with Crippen LogP contribution < -0.4 is 5.56 Å². The Morgan fingerprint density at radius 3 is 2.96 bits per heavy atom. The van der Waals surface area contributed by atoms with Crippen molar-refractivity contribution in [1.29, 1.82) is 0 Å². The van der Waals surface area contributed by atoms with Crippen molar-refractivity contribution in [2.24, 2.45) is 0 Å². The Morgan fingerprint density at radius 1 is 1.44 bits per heavy atom. The van der Waals surface area contributed by atoms with Crippen molar-refractivity contribution in [3.05, 3.63) is 52.0 Å². The highest BCUT2D eigenvalue weighted by Crippen LogP contribution is 2.22. The van der Waals surface area contributed by atoms with Crippen molar-refractivity contribution in [1.82, 2.24) is 24.6 Å². The second-order valence-corrected chi connectivity index (χ2v) is 6.55. The first-order chi connectivity index (χ1) is 12.0. The van der Waals surface area contributed by atoms with Crippen LogP contribution in [-0.2, 0) is 13.1 Å². The van der Waals surface area contributed by atoms with Crippen molar-refractivity contribution in [3.8, 4) is 0 Å². The zero-order valence-corrected chi connectivity index (χ0v) is 14.8. The van der Waals surface area contributed by atoms with E-state index in [1.807, 2.05) is 19.3 Å². The Kier molecular flexibility index (Phi) is 5.45. The molecule has 25 heavy (non-hydrogen) atoms. The number of rotatable bonds is 6. The van der Waals surface area contributed by atoms with Gasteiger partial charge in [0.1, 0.15) is 5.82 Å². The second-order valence-electron chi connectivity index (χ2n) is 6.55. The SMILES string of the molecule is CC[C@H](O)Cn1cc(C2=CCN(Cc3cc(=O)[nH]c(C)n3)CC2)cn1. The number of aliphatic hydroxyl groups excluding tert-OH is 1. The van der Waals surface area contributed by atoms with E-state index in [4.69, 9.17) is 0 Å². The predicted octanol–water partition coefficient (Wildman–Crippen LogP) is 1.34. The van der Waals surface area contributed by atoms with Crippen molar-refractivity contribution < 1.29 is 5.11 Å². The Bertz CT molecular complexity index is 808. The van der Waals surface area contributed by atoms with Gasteiger partial charge in [-0.25, -0.2) is 4.98 Å². The summed E-state index contributed by atoms with van der Waals surface area (Å²) in [6.45, 7) is 6.71. The molecule has 0 spiro atoms. The first-order valence-electron chi connectivity index (χ1n) is 8.72. The van der Waals surface area contributed by atoms with E-state index in [1.54, 1.807) is 17.7 Å². The number of hydrogen-bond donors (Lipinski definition) is 2. The van der Waals surface area contributed by atoms with E-state index in [0.29, 0.717) is 18.9 Å². The lowest BCUT2D eigenvalue weighted by Crippen LogP contribution is -2.29. The lowest BCUT2D eigenvalue weighted by Gasteiger charge is -2.25. The summed E-state index contributed by atoms with van der Waals surface area (Å²) in [4.78, 5) is 20.9. The van der Waals surface area contributed by atoms with Crippen LogP contribution in [0.2, 0.25) is 0 Å². The van der Waals surface area contributed by atoms with Gasteiger partial charge in [0.25, 0.3) is 5.56 Å². The number of hydrogen-bond acceptors (Lipinski definition) is 5. The average Bonchev–Trinajstić information content (AvgIpc) is 3.03. The molecule has 3 rings (SSSR count). The first-order valence-corrected chi connectivity index (χ1v) is 8.72. The maximum atomic E-state index is 11.5. The predicted molar refractivity (Wildman–Crippen MR) is 96.0 cm³/mol. The number of aromatic nitrogens is 4. The molecule has 0 unspecified atom stereocenters. The highest BCUT2D eigenvalue weighted by molar-refractivity contribution is 5.65. The van der Waals surface area contributed by atoms with Crippen molar-refractivity contribution >= 4 is 5.57 Å². The number of aromatic amines is 1. The van der Waals surface area contributed by atoms with Crippen molar-refractivity contribution in [3.63, 3.8) is 0 Å². The topological polar surface area (TPSA) is 87.0 Å². The van der Waals surface area contributed by atoms with E-state index < -0.39 is 0 Å². The molecular formula is C18H25N5O2. The molecule has 1 aliphatic rings. The quantitative estimate of drug-likeness (QED) is 0.826. The summed E-state index contributed by atoms with van der Waals surface area (Å²) in [6, 6.07) is 1.56. The number of H-pyrrole nitrogens is 1. The molecule has 0 aliphatic carbocycles. The fraction of sp³-hybridized carbons (Fsp3) is 0.500. The molecule has 0 aromatic carbocycles. The molecule has 2 aromatic rings. The Morgan fingerprint density at radius 2 is 2.28 bits per heavy atom. The molecular weight excluding hydrogens is 318 g/mol. The largest absolute Gasteiger partial charge is 0.391 e. The Hall–Kier alpha value is -2.25. The highest BCUT2D eigenvalue weighted by atomic mass is 16.3. The normalized spacial score (nSPS) is 16.7. The summed E-state index contributed by atoms with van der Waals surface area (Å²) in [5.41, 5.74) is 3.11. The third-order valence-electron chi connectivity index (χ3n) is 4.47. The van der Waals surface area contributed by atoms with E-state index in [9.17, 15) is 9.90 Å². The fourth-order valence-electron chi connectivity index (χ4n) is 3.04. The molecule has 1 atom stereocenters. The van der Waals surface area contributed by atoms with Gasteiger partial charge in [-0.1, -0.05) is 13.0 Å². The van der Waals surface area contributed by atoms with Crippen molar-refractivity contribution in [2.45, 2.75) is 45.9 Å². The minimum absolute atomic E-state index is 0.0996. The van der Waals surface area contributed by atoms with Gasteiger partial charge in [-0.2, -0.15) is 5.10 Å². The molecule has 0 fully saturated rings. The van der Waals surface area contributed by atoms with Gasteiger partial charge in [0, 0.05) is 37.5 Å². The second kappa shape index (κ2) is 7.76. The van der Waals surface area contributed by atoms with Crippen LogP contribution in [0.5, 0.6) is 0 Å². The van der Waals surface area contributed by atoms with Crippen LogP contribution in [-0.4, -0.2) is 48.9 Å². The molecule has 0 saturated carbocycles. The number of aryl methyl sites for hydroxylation is 1. The summed E-state index contributed by atoms with van der Waals surface area (Å²) in [6.07, 6.45) is 7.38.